The van der Waals surface area contributed by atoms with Crippen LogP contribution in [0.15, 0.2) is 29.3 Å². The van der Waals surface area contributed by atoms with Crippen LogP contribution in [-0.4, -0.2) is 11.6 Å². The first-order valence-electron chi connectivity index (χ1n) is 5.19. The van der Waals surface area contributed by atoms with Crippen molar-refractivity contribution < 1.29 is 4.79 Å². The molecule has 0 saturated heterocycles. The summed E-state index contributed by atoms with van der Waals surface area (Å²) >= 11 is 0. The van der Waals surface area contributed by atoms with Gasteiger partial charge in [-0.15, -0.1) is 0 Å². The van der Waals surface area contributed by atoms with E-state index in [9.17, 15) is 4.79 Å². The van der Waals surface area contributed by atoms with Crippen molar-refractivity contribution in [1.29, 1.82) is 0 Å². The van der Waals surface area contributed by atoms with E-state index in [-0.39, 0.29) is 5.54 Å². The Morgan fingerprint density at radius 2 is 2.00 bits per heavy atom. The number of benzene rings is 1. The minimum atomic E-state index is -0.302. The summed E-state index contributed by atoms with van der Waals surface area (Å²) < 4.78 is 0. The van der Waals surface area contributed by atoms with Crippen LogP contribution in [0.2, 0.25) is 0 Å². The molecule has 0 bridgehead atoms. The molecule has 0 aliphatic carbocycles. The monoisotopic (exact) mass is 203 g/mol. The van der Waals surface area contributed by atoms with E-state index >= 15 is 0 Å². The molecule has 1 aromatic carbocycles. The van der Waals surface area contributed by atoms with E-state index in [0.717, 1.165) is 12.8 Å². The lowest BCUT2D eigenvalue weighted by molar-refractivity contribution is 0.469. The first-order valence-corrected chi connectivity index (χ1v) is 5.19. The molecule has 0 amide bonds. The van der Waals surface area contributed by atoms with Crippen LogP contribution in [-0.2, 0) is 11.2 Å². The number of aliphatic imine (C=N–C) groups is 1. The number of nitrogens with zero attached hydrogens (tertiary/aromatic N) is 1. The predicted molar refractivity (Wildman–Crippen MR) is 61.7 cm³/mol. The molecule has 80 valence electrons. The molecule has 0 heterocycles. The van der Waals surface area contributed by atoms with Crippen molar-refractivity contribution in [2.75, 3.05) is 0 Å². The molecule has 0 radical (unpaired) electrons. The first kappa shape index (κ1) is 11.7. The van der Waals surface area contributed by atoms with Crippen molar-refractivity contribution >= 4 is 6.08 Å². The van der Waals surface area contributed by atoms with E-state index < -0.39 is 0 Å². The molecule has 0 spiro atoms. The van der Waals surface area contributed by atoms with Crippen LogP contribution in [0.5, 0.6) is 0 Å². The summed E-state index contributed by atoms with van der Waals surface area (Å²) in [4.78, 5) is 14.0. The van der Waals surface area contributed by atoms with Gasteiger partial charge >= 0.3 is 0 Å². The molecule has 0 N–H and O–H groups in total. The molecular weight excluding hydrogens is 186 g/mol. The summed E-state index contributed by atoms with van der Waals surface area (Å²) in [5.74, 6) is 0. The molecule has 0 fully saturated rings. The van der Waals surface area contributed by atoms with Crippen molar-refractivity contribution in [3.05, 3.63) is 35.4 Å². The Labute approximate surface area is 91.0 Å². The Morgan fingerprint density at radius 1 is 1.33 bits per heavy atom. The van der Waals surface area contributed by atoms with Gasteiger partial charge in [-0.3, -0.25) is 0 Å². The summed E-state index contributed by atoms with van der Waals surface area (Å²) in [6.45, 7) is 6.01. The molecule has 0 saturated carbocycles. The Balaban J connectivity index is 2.65. The van der Waals surface area contributed by atoms with Crippen LogP contribution in [0, 0.1) is 6.92 Å². The highest BCUT2D eigenvalue weighted by molar-refractivity contribution is 5.34. The fourth-order valence-corrected chi connectivity index (χ4v) is 1.51. The quantitative estimate of drug-likeness (QED) is 0.546. The lowest BCUT2D eigenvalue weighted by atomic mass is 9.94. The maximum absolute atomic E-state index is 10.2. The van der Waals surface area contributed by atoms with Gasteiger partial charge < -0.3 is 0 Å². The Kier molecular flexibility index (Phi) is 3.81. The molecular formula is C13H17NO. The Hall–Kier alpha value is -1.40. The van der Waals surface area contributed by atoms with Crippen LogP contribution in [0.1, 0.15) is 31.4 Å². The number of aryl methyl sites for hydroxylation is 2. The molecule has 2 heteroatoms. The second-order valence-electron chi connectivity index (χ2n) is 4.44. The minimum absolute atomic E-state index is 0.302. The largest absolute Gasteiger partial charge is 0.235 e. The van der Waals surface area contributed by atoms with Crippen LogP contribution >= 0.6 is 0 Å². The zero-order valence-electron chi connectivity index (χ0n) is 9.58. The summed E-state index contributed by atoms with van der Waals surface area (Å²) in [5, 5.41) is 0. The fraction of sp³-hybridized carbons (Fsp3) is 0.462. The molecule has 2 nitrogen and oxygen atoms in total. The summed E-state index contributed by atoms with van der Waals surface area (Å²) in [6, 6.07) is 8.30. The highest BCUT2D eigenvalue weighted by atomic mass is 16.1. The van der Waals surface area contributed by atoms with Gasteiger partial charge in [0.2, 0.25) is 6.08 Å². The number of hydrogen-bond donors (Lipinski definition) is 0. The van der Waals surface area contributed by atoms with Gasteiger partial charge in [0.15, 0.2) is 0 Å². The average Bonchev–Trinajstić information content (AvgIpc) is 2.16. The second-order valence-corrected chi connectivity index (χ2v) is 4.44. The van der Waals surface area contributed by atoms with Crippen molar-refractivity contribution in [3.63, 3.8) is 0 Å². The highest BCUT2D eigenvalue weighted by Gasteiger charge is 2.16. The van der Waals surface area contributed by atoms with E-state index in [1.54, 1.807) is 6.08 Å². The molecule has 0 aliphatic rings. The highest BCUT2D eigenvalue weighted by Crippen LogP contribution is 2.18. The van der Waals surface area contributed by atoms with Gasteiger partial charge in [-0.1, -0.05) is 24.3 Å². The van der Waals surface area contributed by atoms with Gasteiger partial charge in [-0.05, 0) is 44.7 Å². The number of carbonyl (C=O) groups excluding carboxylic acids is 1. The van der Waals surface area contributed by atoms with Crippen molar-refractivity contribution in [3.8, 4) is 0 Å². The van der Waals surface area contributed by atoms with Gasteiger partial charge in [0.05, 0.1) is 5.54 Å². The van der Waals surface area contributed by atoms with Crippen molar-refractivity contribution in [2.45, 2.75) is 39.2 Å². The predicted octanol–water partition coefficient (Wildman–Crippen LogP) is 3.04. The maximum Gasteiger partial charge on any atom is 0.235 e. The zero-order chi connectivity index (χ0) is 11.3. The second kappa shape index (κ2) is 4.90. The smallest absolute Gasteiger partial charge is 0.211 e. The van der Waals surface area contributed by atoms with Gasteiger partial charge in [0.1, 0.15) is 0 Å². The van der Waals surface area contributed by atoms with Crippen LogP contribution in [0.25, 0.3) is 0 Å². The molecule has 1 aromatic rings. The van der Waals surface area contributed by atoms with Crippen molar-refractivity contribution in [1.82, 2.24) is 0 Å². The van der Waals surface area contributed by atoms with Crippen LogP contribution < -0.4 is 0 Å². The third-order valence-electron chi connectivity index (χ3n) is 2.62. The lowest BCUT2D eigenvalue weighted by Crippen LogP contribution is -2.17. The van der Waals surface area contributed by atoms with Gasteiger partial charge in [0, 0.05) is 0 Å². The van der Waals surface area contributed by atoms with E-state index in [2.05, 4.69) is 24.0 Å². The van der Waals surface area contributed by atoms with E-state index in [0.29, 0.717) is 0 Å². The number of rotatable bonds is 4. The van der Waals surface area contributed by atoms with Crippen molar-refractivity contribution in [2.24, 2.45) is 4.99 Å². The third-order valence-corrected chi connectivity index (χ3v) is 2.62. The van der Waals surface area contributed by atoms with E-state index in [1.807, 2.05) is 26.0 Å². The zero-order valence-corrected chi connectivity index (χ0v) is 9.58. The Morgan fingerprint density at radius 3 is 2.60 bits per heavy atom. The summed E-state index contributed by atoms with van der Waals surface area (Å²) in [5.41, 5.74) is 2.32. The SMILES string of the molecule is Cc1ccccc1CCC(C)(C)N=C=O. The molecule has 1 rings (SSSR count). The fourth-order valence-electron chi connectivity index (χ4n) is 1.51. The molecule has 15 heavy (non-hydrogen) atoms. The van der Waals surface area contributed by atoms with Gasteiger partial charge in [-0.2, -0.15) is 4.99 Å². The van der Waals surface area contributed by atoms with Crippen LogP contribution in [0.4, 0.5) is 0 Å². The van der Waals surface area contributed by atoms with E-state index in [1.165, 1.54) is 11.1 Å². The standard InChI is InChI=1S/C13H17NO/c1-11-6-4-5-7-12(11)8-9-13(2,3)14-10-15/h4-7H,8-9H2,1-3H3. The average molecular weight is 203 g/mol. The lowest BCUT2D eigenvalue weighted by Gasteiger charge is -2.17. The van der Waals surface area contributed by atoms with Gasteiger partial charge in [0.25, 0.3) is 0 Å². The third kappa shape index (κ3) is 3.69. The van der Waals surface area contributed by atoms with E-state index in [4.69, 9.17) is 0 Å². The first-order chi connectivity index (χ1) is 7.05. The number of hydrogen-bond acceptors (Lipinski definition) is 2. The maximum atomic E-state index is 10.2. The molecule has 0 atom stereocenters. The number of isocyanates is 1. The summed E-state index contributed by atoms with van der Waals surface area (Å²) in [7, 11) is 0. The summed E-state index contributed by atoms with van der Waals surface area (Å²) in [6.07, 6.45) is 3.45. The van der Waals surface area contributed by atoms with Gasteiger partial charge in [-0.25, -0.2) is 4.79 Å². The molecule has 0 aromatic heterocycles. The molecule has 0 aliphatic heterocycles. The minimum Gasteiger partial charge on any atom is -0.211 e. The Bertz CT molecular complexity index is 376. The normalized spacial score (nSPS) is 10.9. The van der Waals surface area contributed by atoms with Crippen LogP contribution in [0.3, 0.4) is 0 Å². The molecule has 0 unspecified atom stereocenters. The topological polar surface area (TPSA) is 29.4 Å².